The van der Waals surface area contributed by atoms with E-state index in [0.717, 1.165) is 11.8 Å². The van der Waals surface area contributed by atoms with Crippen LogP contribution in [0.4, 0.5) is 0 Å². The molecule has 0 saturated heterocycles. The Morgan fingerprint density at radius 3 is 2.47 bits per heavy atom. The van der Waals surface area contributed by atoms with Gasteiger partial charge in [0, 0.05) is 6.04 Å². The first-order chi connectivity index (χ1) is 8.95. The lowest BCUT2D eigenvalue weighted by Gasteiger charge is -2.33. The van der Waals surface area contributed by atoms with Crippen LogP contribution >= 0.6 is 0 Å². The standard InChI is InChI=1S/C15H23NO3/c1-9-6-10(2)8-12(7-9)16-11(3)13-4-5-14(19-13)15(17)18/h4-5,9-12,16H,6-8H2,1-3H3,(H,17,18). The van der Waals surface area contributed by atoms with E-state index in [0.29, 0.717) is 11.8 Å². The molecule has 4 nitrogen and oxygen atoms in total. The van der Waals surface area contributed by atoms with Crippen molar-refractivity contribution in [1.29, 1.82) is 0 Å². The third kappa shape index (κ3) is 3.60. The molecule has 1 aromatic heterocycles. The number of carboxylic acids is 1. The molecule has 3 atom stereocenters. The zero-order chi connectivity index (χ0) is 14.0. The monoisotopic (exact) mass is 265 g/mol. The largest absolute Gasteiger partial charge is 0.475 e. The summed E-state index contributed by atoms with van der Waals surface area (Å²) in [4.78, 5) is 10.8. The molecule has 3 unspecified atom stereocenters. The first-order valence-corrected chi connectivity index (χ1v) is 7.04. The number of carboxylic acid groups (broad SMARTS) is 1. The van der Waals surface area contributed by atoms with Gasteiger partial charge in [-0.05, 0) is 50.2 Å². The Morgan fingerprint density at radius 1 is 1.32 bits per heavy atom. The minimum Gasteiger partial charge on any atom is -0.475 e. The Morgan fingerprint density at radius 2 is 1.95 bits per heavy atom. The Balaban J connectivity index is 1.96. The van der Waals surface area contributed by atoms with Gasteiger partial charge in [-0.3, -0.25) is 0 Å². The molecule has 1 aliphatic carbocycles. The van der Waals surface area contributed by atoms with Gasteiger partial charge in [0.25, 0.3) is 0 Å². The molecule has 0 bridgehead atoms. The van der Waals surface area contributed by atoms with E-state index in [-0.39, 0.29) is 11.8 Å². The van der Waals surface area contributed by atoms with Gasteiger partial charge in [-0.2, -0.15) is 0 Å². The second-order valence-corrected chi connectivity index (χ2v) is 6.01. The molecule has 4 heteroatoms. The SMILES string of the molecule is CC1CC(C)CC(NC(C)c2ccc(C(=O)O)o2)C1. The number of furan rings is 1. The lowest BCUT2D eigenvalue weighted by atomic mass is 9.80. The van der Waals surface area contributed by atoms with Crippen LogP contribution in [0, 0.1) is 11.8 Å². The van der Waals surface area contributed by atoms with Crippen molar-refractivity contribution in [2.45, 2.75) is 52.1 Å². The summed E-state index contributed by atoms with van der Waals surface area (Å²) in [6, 6.07) is 3.81. The zero-order valence-electron chi connectivity index (χ0n) is 11.8. The molecule has 1 fully saturated rings. The predicted octanol–water partition coefficient (Wildman–Crippen LogP) is 3.45. The van der Waals surface area contributed by atoms with Gasteiger partial charge in [-0.15, -0.1) is 0 Å². The Labute approximate surface area is 114 Å². The second kappa shape index (κ2) is 5.78. The highest BCUT2D eigenvalue weighted by molar-refractivity contribution is 5.84. The second-order valence-electron chi connectivity index (χ2n) is 6.01. The summed E-state index contributed by atoms with van der Waals surface area (Å²) in [6.07, 6.45) is 3.67. The van der Waals surface area contributed by atoms with E-state index < -0.39 is 5.97 Å². The number of carbonyl (C=O) groups is 1. The fourth-order valence-corrected chi connectivity index (χ4v) is 3.22. The van der Waals surface area contributed by atoms with E-state index in [1.807, 2.05) is 6.92 Å². The van der Waals surface area contributed by atoms with Gasteiger partial charge in [0.2, 0.25) is 5.76 Å². The van der Waals surface area contributed by atoms with Crippen LogP contribution in [-0.2, 0) is 0 Å². The normalized spacial score (nSPS) is 29.1. The highest BCUT2D eigenvalue weighted by atomic mass is 16.4. The summed E-state index contributed by atoms with van der Waals surface area (Å²) < 4.78 is 5.34. The molecule has 0 spiro atoms. The van der Waals surface area contributed by atoms with Crippen molar-refractivity contribution in [3.8, 4) is 0 Å². The van der Waals surface area contributed by atoms with E-state index in [1.165, 1.54) is 25.3 Å². The smallest absolute Gasteiger partial charge is 0.371 e. The molecular formula is C15H23NO3. The van der Waals surface area contributed by atoms with Gasteiger partial charge in [0.1, 0.15) is 5.76 Å². The lowest BCUT2D eigenvalue weighted by Crippen LogP contribution is -2.37. The molecule has 2 rings (SSSR count). The summed E-state index contributed by atoms with van der Waals surface area (Å²) in [5.74, 6) is 1.19. The summed E-state index contributed by atoms with van der Waals surface area (Å²) in [6.45, 7) is 6.61. The maximum Gasteiger partial charge on any atom is 0.371 e. The Bertz CT molecular complexity index is 430. The lowest BCUT2D eigenvalue weighted by molar-refractivity contribution is 0.0659. The molecule has 0 radical (unpaired) electrons. The van der Waals surface area contributed by atoms with Gasteiger partial charge >= 0.3 is 5.97 Å². The van der Waals surface area contributed by atoms with Gasteiger partial charge in [-0.1, -0.05) is 13.8 Å². The van der Waals surface area contributed by atoms with Crippen LogP contribution in [0.1, 0.15) is 62.4 Å². The van der Waals surface area contributed by atoms with Crippen molar-refractivity contribution < 1.29 is 14.3 Å². The number of nitrogens with one attached hydrogen (secondary N) is 1. The van der Waals surface area contributed by atoms with Crippen LogP contribution in [-0.4, -0.2) is 17.1 Å². The van der Waals surface area contributed by atoms with Crippen molar-refractivity contribution in [3.63, 3.8) is 0 Å². The van der Waals surface area contributed by atoms with E-state index in [2.05, 4.69) is 19.2 Å². The average molecular weight is 265 g/mol. The van der Waals surface area contributed by atoms with Crippen LogP contribution in [0.3, 0.4) is 0 Å². The van der Waals surface area contributed by atoms with Crippen molar-refractivity contribution in [1.82, 2.24) is 5.32 Å². The van der Waals surface area contributed by atoms with Crippen molar-refractivity contribution >= 4 is 5.97 Å². The first-order valence-electron chi connectivity index (χ1n) is 7.04. The number of rotatable bonds is 4. The quantitative estimate of drug-likeness (QED) is 0.875. The molecule has 1 aliphatic rings. The van der Waals surface area contributed by atoms with Gasteiger partial charge in [0.05, 0.1) is 6.04 Å². The molecule has 1 heterocycles. The van der Waals surface area contributed by atoms with Gasteiger partial charge in [-0.25, -0.2) is 4.79 Å². The molecular weight excluding hydrogens is 242 g/mol. The molecule has 19 heavy (non-hydrogen) atoms. The molecule has 2 N–H and O–H groups in total. The first kappa shape index (κ1) is 14.1. The minimum absolute atomic E-state index is 0.00836. The van der Waals surface area contributed by atoms with Crippen LogP contribution < -0.4 is 5.32 Å². The predicted molar refractivity (Wildman–Crippen MR) is 73.2 cm³/mol. The average Bonchev–Trinajstić information content (AvgIpc) is 2.76. The van der Waals surface area contributed by atoms with Crippen LogP contribution in [0.25, 0.3) is 0 Å². The number of hydrogen-bond donors (Lipinski definition) is 2. The molecule has 0 aliphatic heterocycles. The van der Waals surface area contributed by atoms with E-state index in [9.17, 15) is 4.79 Å². The number of hydrogen-bond acceptors (Lipinski definition) is 3. The Hall–Kier alpha value is -1.29. The van der Waals surface area contributed by atoms with Crippen molar-refractivity contribution in [3.05, 3.63) is 23.7 Å². The molecule has 0 aromatic carbocycles. The Kier molecular flexibility index (Phi) is 4.30. The molecule has 0 amide bonds. The molecule has 106 valence electrons. The zero-order valence-corrected chi connectivity index (χ0v) is 11.8. The van der Waals surface area contributed by atoms with Crippen LogP contribution in [0.15, 0.2) is 16.5 Å². The number of aromatic carboxylic acids is 1. The molecule has 1 aromatic rings. The van der Waals surface area contributed by atoms with E-state index >= 15 is 0 Å². The summed E-state index contributed by atoms with van der Waals surface area (Å²) in [5, 5.41) is 12.4. The fourth-order valence-electron chi connectivity index (χ4n) is 3.22. The van der Waals surface area contributed by atoms with E-state index in [4.69, 9.17) is 9.52 Å². The third-order valence-electron chi connectivity index (χ3n) is 3.93. The summed E-state index contributed by atoms with van der Waals surface area (Å²) >= 11 is 0. The third-order valence-corrected chi connectivity index (χ3v) is 3.93. The maximum atomic E-state index is 10.8. The highest BCUT2D eigenvalue weighted by Gasteiger charge is 2.25. The van der Waals surface area contributed by atoms with Crippen molar-refractivity contribution in [2.24, 2.45) is 11.8 Å². The van der Waals surface area contributed by atoms with Crippen LogP contribution in [0.2, 0.25) is 0 Å². The van der Waals surface area contributed by atoms with Crippen LogP contribution in [0.5, 0.6) is 0 Å². The van der Waals surface area contributed by atoms with Gasteiger partial charge < -0.3 is 14.8 Å². The van der Waals surface area contributed by atoms with E-state index in [1.54, 1.807) is 6.07 Å². The summed E-state index contributed by atoms with van der Waals surface area (Å²) in [7, 11) is 0. The fraction of sp³-hybridized carbons (Fsp3) is 0.667. The van der Waals surface area contributed by atoms with Gasteiger partial charge in [0.15, 0.2) is 0 Å². The maximum absolute atomic E-state index is 10.8. The summed E-state index contributed by atoms with van der Waals surface area (Å²) in [5.41, 5.74) is 0. The minimum atomic E-state index is -1.02. The topological polar surface area (TPSA) is 62.5 Å². The highest BCUT2D eigenvalue weighted by Crippen LogP contribution is 2.30. The van der Waals surface area contributed by atoms with Crippen molar-refractivity contribution in [2.75, 3.05) is 0 Å². The molecule has 1 saturated carbocycles.